The Morgan fingerprint density at radius 1 is 1.20 bits per heavy atom. The van der Waals surface area contributed by atoms with Gasteiger partial charge in [-0.1, -0.05) is 42.1 Å². The largest absolute Gasteiger partial charge is 0.481 e. The maximum absolute atomic E-state index is 12.6. The molecule has 6 nitrogen and oxygen atoms in total. The molecular formula is C17H19Cl2NO5. The summed E-state index contributed by atoms with van der Waals surface area (Å²) in [7, 11) is 1.20. The summed E-state index contributed by atoms with van der Waals surface area (Å²) < 4.78 is 4.75. The molecule has 0 spiro atoms. The fourth-order valence-electron chi connectivity index (χ4n) is 3.11. The summed E-state index contributed by atoms with van der Waals surface area (Å²) in [6.07, 6.45) is 2.44. The zero-order chi connectivity index (χ0) is 18.6. The molecule has 3 unspecified atom stereocenters. The van der Waals surface area contributed by atoms with Crippen LogP contribution in [0.1, 0.15) is 37.3 Å². The van der Waals surface area contributed by atoms with Crippen molar-refractivity contribution < 1.29 is 24.2 Å². The highest BCUT2D eigenvalue weighted by atomic mass is 35.5. The summed E-state index contributed by atoms with van der Waals surface area (Å²) in [5.41, 5.74) is 0.342. The van der Waals surface area contributed by atoms with Gasteiger partial charge in [-0.2, -0.15) is 0 Å². The van der Waals surface area contributed by atoms with Crippen molar-refractivity contribution in [1.29, 1.82) is 0 Å². The Labute approximate surface area is 155 Å². The van der Waals surface area contributed by atoms with Crippen LogP contribution in [0, 0.1) is 11.8 Å². The highest BCUT2D eigenvalue weighted by molar-refractivity contribution is 6.35. The molecule has 2 N–H and O–H groups in total. The Kier molecular flexibility index (Phi) is 6.67. The van der Waals surface area contributed by atoms with Crippen LogP contribution in [0.25, 0.3) is 0 Å². The van der Waals surface area contributed by atoms with Crippen LogP contribution in [0.15, 0.2) is 18.2 Å². The molecule has 0 radical (unpaired) electrons. The highest BCUT2D eigenvalue weighted by Crippen LogP contribution is 2.32. The molecule has 1 aromatic rings. The maximum atomic E-state index is 12.6. The van der Waals surface area contributed by atoms with Crippen molar-refractivity contribution in [1.82, 2.24) is 5.32 Å². The normalized spacial score (nSPS) is 21.2. The lowest BCUT2D eigenvalue weighted by atomic mass is 9.78. The molecule has 1 fully saturated rings. The first-order valence-corrected chi connectivity index (χ1v) is 8.66. The third-order valence-corrected chi connectivity index (χ3v) is 4.98. The van der Waals surface area contributed by atoms with E-state index in [1.807, 2.05) is 0 Å². The molecule has 0 aromatic heterocycles. The van der Waals surface area contributed by atoms with Gasteiger partial charge in [0, 0.05) is 15.6 Å². The fraction of sp³-hybridized carbons (Fsp3) is 0.471. The minimum Gasteiger partial charge on any atom is -0.481 e. The van der Waals surface area contributed by atoms with Crippen LogP contribution in [0.3, 0.4) is 0 Å². The predicted molar refractivity (Wildman–Crippen MR) is 92.4 cm³/mol. The van der Waals surface area contributed by atoms with Crippen molar-refractivity contribution in [3.63, 3.8) is 0 Å². The van der Waals surface area contributed by atoms with E-state index in [2.05, 4.69) is 5.32 Å². The molecule has 2 rings (SSSR count). The SMILES string of the molecule is COC(=O)C(NC(=O)C1CCCCC1C(=O)O)c1ccc(Cl)cc1Cl. The van der Waals surface area contributed by atoms with Crippen LogP contribution in [-0.4, -0.2) is 30.1 Å². The van der Waals surface area contributed by atoms with Gasteiger partial charge in [-0.05, 0) is 25.0 Å². The van der Waals surface area contributed by atoms with E-state index in [0.29, 0.717) is 23.4 Å². The Balaban J connectivity index is 2.25. The smallest absolute Gasteiger partial charge is 0.333 e. The molecule has 8 heteroatoms. The van der Waals surface area contributed by atoms with Crippen molar-refractivity contribution in [3.8, 4) is 0 Å². The van der Waals surface area contributed by atoms with Crippen LogP contribution >= 0.6 is 23.2 Å². The van der Waals surface area contributed by atoms with Gasteiger partial charge in [-0.25, -0.2) is 4.79 Å². The van der Waals surface area contributed by atoms with Crippen LogP contribution in [0.4, 0.5) is 0 Å². The summed E-state index contributed by atoms with van der Waals surface area (Å²) >= 11 is 12.0. The van der Waals surface area contributed by atoms with Gasteiger partial charge in [-0.3, -0.25) is 9.59 Å². The number of methoxy groups -OCH3 is 1. The number of hydrogen-bond acceptors (Lipinski definition) is 4. The molecular weight excluding hydrogens is 369 g/mol. The maximum Gasteiger partial charge on any atom is 0.333 e. The van der Waals surface area contributed by atoms with E-state index in [-0.39, 0.29) is 5.02 Å². The predicted octanol–water partition coefficient (Wildman–Crippen LogP) is 3.21. The minimum atomic E-state index is -1.13. The molecule has 0 aliphatic heterocycles. The molecule has 1 aromatic carbocycles. The lowest BCUT2D eigenvalue weighted by Crippen LogP contribution is -2.43. The van der Waals surface area contributed by atoms with Crippen molar-refractivity contribution >= 4 is 41.0 Å². The average molecular weight is 388 g/mol. The average Bonchev–Trinajstić information content (AvgIpc) is 2.59. The van der Waals surface area contributed by atoms with Crippen molar-refractivity contribution in [2.75, 3.05) is 7.11 Å². The Hall–Kier alpha value is -1.79. The molecule has 1 aliphatic carbocycles. The molecule has 0 saturated heterocycles. The number of carboxylic acids is 1. The fourth-order valence-corrected chi connectivity index (χ4v) is 3.62. The van der Waals surface area contributed by atoms with E-state index < -0.39 is 35.7 Å². The van der Waals surface area contributed by atoms with Gasteiger partial charge < -0.3 is 15.2 Å². The van der Waals surface area contributed by atoms with Crippen molar-refractivity contribution in [2.45, 2.75) is 31.7 Å². The topological polar surface area (TPSA) is 92.7 Å². The molecule has 0 heterocycles. The number of carboxylic acid groups (broad SMARTS) is 1. The second kappa shape index (κ2) is 8.54. The summed E-state index contributed by atoms with van der Waals surface area (Å²) in [6.45, 7) is 0. The number of ether oxygens (including phenoxy) is 1. The summed E-state index contributed by atoms with van der Waals surface area (Å²) in [4.78, 5) is 36.2. The second-order valence-corrected chi connectivity index (χ2v) is 6.81. The molecule has 3 atom stereocenters. The molecule has 1 saturated carbocycles. The van der Waals surface area contributed by atoms with E-state index in [4.69, 9.17) is 27.9 Å². The minimum absolute atomic E-state index is 0.210. The number of benzene rings is 1. The zero-order valence-electron chi connectivity index (χ0n) is 13.6. The number of nitrogens with one attached hydrogen (secondary N) is 1. The summed E-state index contributed by atoms with van der Waals surface area (Å²) in [6, 6.07) is 3.41. The number of hydrogen-bond donors (Lipinski definition) is 2. The van der Waals surface area contributed by atoms with Gasteiger partial charge >= 0.3 is 11.9 Å². The van der Waals surface area contributed by atoms with Gasteiger partial charge in [0.1, 0.15) is 0 Å². The second-order valence-electron chi connectivity index (χ2n) is 5.97. The van der Waals surface area contributed by atoms with Gasteiger partial charge in [-0.15, -0.1) is 0 Å². The lowest BCUT2D eigenvalue weighted by molar-refractivity contribution is -0.150. The number of aliphatic carboxylic acids is 1. The molecule has 136 valence electrons. The number of halogens is 2. The quantitative estimate of drug-likeness (QED) is 0.756. The van der Waals surface area contributed by atoms with Gasteiger partial charge in [0.25, 0.3) is 0 Å². The van der Waals surface area contributed by atoms with Crippen LogP contribution < -0.4 is 5.32 Å². The molecule has 1 amide bonds. The lowest BCUT2D eigenvalue weighted by Gasteiger charge is -2.29. The van der Waals surface area contributed by atoms with E-state index >= 15 is 0 Å². The standard InChI is InChI=1S/C17H19Cl2NO5/c1-25-17(24)14(12-7-6-9(18)8-13(12)19)20-15(21)10-4-2-3-5-11(10)16(22)23/h6-8,10-11,14H,2-5H2,1H3,(H,20,21)(H,22,23). The van der Waals surface area contributed by atoms with E-state index in [1.54, 1.807) is 6.07 Å². The Morgan fingerprint density at radius 2 is 1.84 bits per heavy atom. The van der Waals surface area contributed by atoms with E-state index in [0.717, 1.165) is 12.8 Å². The van der Waals surface area contributed by atoms with E-state index in [1.165, 1.54) is 19.2 Å². The highest BCUT2D eigenvalue weighted by Gasteiger charge is 2.38. The first-order chi connectivity index (χ1) is 11.8. The third kappa shape index (κ3) is 4.64. The number of carbonyl (C=O) groups excluding carboxylic acids is 2. The molecule has 1 aliphatic rings. The number of rotatable bonds is 5. The molecule has 25 heavy (non-hydrogen) atoms. The van der Waals surface area contributed by atoms with Crippen LogP contribution in [0.2, 0.25) is 10.0 Å². The Bertz CT molecular complexity index is 679. The number of amides is 1. The van der Waals surface area contributed by atoms with Gasteiger partial charge in [0.2, 0.25) is 5.91 Å². The van der Waals surface area contributed by atoms with Crippen LogP contribution in [-0.2, 0) is 19.1 Å². The first-order valence-electron chi connectivity index (χ1n) is 7.91. The number of carbonyl (C=O) groups is 3. The Morgan fingerprint density at radius 3 is 2.40 bits per heavy atom. The van der Waals surface area contributed by atoms with Crippen molar-refractivity contribution in [2.24, 2.45) is 11.8 Å². The third-order valence-electron chi connectivity index (χ3n) is 4.42. The number of esters is 1. The first kappa shape index (κ1) is 19.5. The van der Waals surface area contributed by atoms with Crippen LogP contribution in [0.5, 0.6) is 0 Å². The molecule has 0 bridgehead atoms. The monoisotopic (exact) mass is 387 g/mol. The van der Waals surface area contributed by atoms with E-state index in [9.17, 15) is 19.5 Å². The summed E-state index contributed by atoms with van der Waals surface area (Å²) in [5.74, 6) is -3.63. The van der Waals surface area contributed by atoms with Gasteiger partial charge in [0.05, 0.1) is 18.9 Å². The van der Waals surface area contributed by atoms with Gasteiger partial charge in [0.15, 0.2) is 6.04 Å². The zero-order valence-corrected chi connectivity index (χ0v) is 15.1. The van der Waals surface area contributed by atoms with Crippen molar-refractivity contribution in [3.05, 3.63) is 33.8 Å². The summed E-state index contributed by atoms with van der Waals surface area (Å²) in [5, 5.41) is 12.5.